The number of carbonyl (C=O) groups is 1. The SMILES string of the molecule is COC(=O)C1=CO[C@@H](OC2OC(CO)C(O)C(O)C2O)[C@@H]2[C@@H](C)[C@@H](O)C[C@H]12. The van der Waals surface area contributed by atoms with Gasteiger partial charge in [0, 0.05) is 11.8 Å². The second-order valence-corrected chi connectivity index (χ2v) is 7.25. The fourth-order valence-electron chi connectivity index (χ4n) is 4.10. The summed E-state index contributed by atoms with van der Waals surface area (Å²) in [6, 6.07) is 0. The number of methoxy groups -OCH3 is 1. The molecule has 0 aromatic rings. The number of ether oxygens (including phenoxy) is 4. The molecule has 0 aromatic heterocycles. The van der Waals surface area contributed by atoms with Crippen LogP contribution in [0.3, 0.4) is 0 Å². The molecule has 0 radical (unpaired) electrons. The molecule has 5 unspecified atom stereocenters. The first-order chi connectivity index (χ1) is 12.8. The Morgan fingerprint density at radius 3 is 2.52 bits per heavy atom. The maximum absolute atomic E-state index is 12.0. The molecule has 10 nitrogen and oxygen atoms in total. The van der Waals surface area contributed by atoms with E-state index in [1.54, 1.807) is 6.92 Å². The van der Waals surface area contributed by atoms with Crippen molar-refractivity contribution < 1.29 is 49.3 Å². The van der Waals surface area contributed by atoms with E-state index in [9.17, 15) is 30.3 Å². The van der Waals surface area contributed by atoms with Crippen molar-refractivity contribution in [3.63, 3.8) is 0 Å². The Labute approximate surface area is 155 Å². The van der Waals surface area contributed by atoms with E-state index in [4.69, 9.17) is 18.9 Å². The molecule has 3 aliphatic rings. The fourth-order valence-corrected chi connectivity index (χ4v) is 4.10. The summed E-state index contributed by atoms with van der Waals surface area (Å²) in [7, 11) is 1.25. The van der Waals surface area contributed by atoms with Crippen molar-refractivity contribution >= 4 is 5.97 Å². The highest BCUT2D eigenvalue weighted by Crippen LogP contribution is 2.47. The maximum Gasteiger partial charge on any atom is 0.337 e. The van der Waals surface area contributed by atoms with Crippen LogP contribution in [0.25, 0.3) is 0 Å². The monoisotopic (exact) mass is 390 g/mol. The van der Waals surface area contributed by atoms with Crippen molar-refractivity contribution in [2.75, 3.05) is 13.7 Å². The molecule has 2 fully saturated rings. The molecule has 0 bridgehead atoms. The molecule has 2 heterocycles. The van der Waals surface area contributed by atoms with E-state index in [-0.39, 0.29) is 11.8 Å². The van der Waals surface area contributed by atoms with Gasteiger partial charge in [-0.25, -0.2) is 4.79 Å². The summed E-state index contributed by atoms with van der Waals surface area (Å²) in [5, 5.41) is 49.4. The van der Waals surface area contributed by atoms with Crippen LogP contribution in [-0.4, -0.2) is 88.3 Å². The second-order valence-electron chi connectivity index (χ2n) is 7.25. The lowest BCUT2D eigenvalue weighted by atomic mass is 9.83. The van der Waals surface area contributed by atoms with Gasteiger partial charge in [-0.1, -0.05) is 6.92 Å². The number of aliphatic hydroxyl groups is 5. The first kappa shape index (κ1) is 20.5. The van der Waals surface area contributed by atoms with Crippen molar-refractivity contribution in [1.82, 2.24) is 0 Å². The van der Waals surface area contributed by atoms with Crippen molar-refractivity contribution in [3.05, 3.63) is 11.8 Å². The Morgan fingerprint density at radius 1 is 1.19 bits per heavy atom. The van der Waals surface area contributed by atoms with Crippen LogP contribution in [0.2, 0.25) is 0 Å². The first-order valence-corrected chi connectivity index (χ1v) is 8.88. The molecule has 10 atom stereocenters. The van der Waals surface area contributed by atoms with E-state index in [2.05, 4.69) is 0 Å². The summed E-state index contributed by atoms with van der Waals surface area (Å²) in [6.07, 6.45) is -7.25. The molecule has 10 heteroatoms. The molecule has 154 valence electrons. The third kappa shape index (κ3) is 3.58. The molecule has 0 aromatic carbocycles. The van der Waals surface area contributed by atoms with E-state index >= 15 is 0 Å². The summed E-state index contributed by atoms with van der Waals surface area (Å²) in [4.78, 5) is 12.0. The number of esters is 1. The lowest BCUT2D eigenvalue weighted by Crippen LogP contribution is -2.60. The summed E-state index contributed by atoms with van der Waals surface area (Å²) in [5.41, 5.74) is 0.291. The predicted molar refractivity (Wildman–Crippen MR) is 86.6 cm³/mol. The zero-order valence-corrected chi connectivity index (χ0v) is 15.0. The number of hydrogen-bond donors (Lipinski definition) is 5. The zero-order chi connectivity index (χ0) is 19.9. The van der Waals surface area contributed by atoms with Gasteiger partial charge in [-0.15, -0.1) is 0 Å². The number of carbonyl (C=O) groups excluding carboxylic acids is 1. The molecule has 1 aliphatic carbocycles. The maximum atomic E-state index is 12.0. The van der Waals surface area contributed by atoms with Gasteiger partial charge in [0.1, 0.15) is 24.4 Å². The molecule has 2 aliphatic heterocycles. The summed E-state index contributed by atoms with van der Waals surface area (Å²) >= 11 is 0. The lowest BCUT2D eigenvalue weighted by Gasteiger charge is -2.43. The minimum Gasteiger partial charge on any atom is -0.472 e. The van der Waals surface area contributed by atoms with Gasteiger partial charge in [0.05, 0.1) is 31.7 Å². The van der Waals surface area contributed by atoms with Crippen molar-refractivity contribution in [2.24, 2.45) is 17.8 Å². The molecule has 1 saturated carbocycles. The highest BCUT2D eigenvalue weighted by atomic mass is 16.8. The fraction of sp³-hybridized carbons (Fsp3) is 0.824. The summed E-state index contributed by atoms with van der Waals surface area (Å²) in [5.74, 6) is -1.63. The number of hydrogen-bond acceptors (Lipinski definition) is 10. The Morgan fingerprint density at radius 2 is 1.89 bits per heavy atom. The summed E-state index contributed by atoms with van der Waals surface area (Å²) < 4.78 is 21.4. The normalized spacial score (nSPS) is 47.0. The second kappa shape index (κ2) is 8.00. The molecule has 5 N–H and O–H groups in total. The van der Waals surface area contributed by atoms with E-state index in [1.165, 1.54) is 13.4 Å². The molecule has 3 rings (SSSR count). The van der Waals surface area contributed by atoms with Gasteiger partial charge < -0.3 is 44.5 Å². The standard InChI is InChI=1S/C17H26O10/c1-6-9(19)3-7-8(15(23)24-2)5-25-16(11(6)7)27-17-14(22)13(21)12(20)10(4-18)26-17/h5-7,9-14,16-22H,3-4H2,1-2H3/t6-,7+,9-,10?,11+,12?,13?,14?,16-,17?/m0/s1. The van der Waals surface area contributed by atoms with Crippen LogP contribution < -0.4 is 0 Å². The Bertz CT molecular complexity index is 578. The van der Waals surface area contributed by atoms with E-state index in [0.717, 1.165) is 0 Å². The average molecular weight is 390 g/mol. The number of rotatable bonds is 4. The van der Waals surface area contributed by atoms with Gasteiger partial charge in [-0.05, 0) is 12.3 Å². The van der Waals surface area contributed by atoms with Crippen LogP contribution in [0.1, 0.15) is 13.3 Å². The van der Waals surface area contributed by atoms with Crippen molar-refractivity contribution in [3.8, 4) is 0 Å². The van der Waals surface area contributed by atoms with Crippen molar-refractivity contribution in [1.29, 1.82) is 0 Å². The molecule has 0 amide bonds. The highest BCUT2D eigenvalue weighted by Gasteiger charge is 2.53. The Hall–Kier alpha value is -1.27. The zero-order valence-electron chi connectivity index (χ0n) is 15.0. The van der Waals surface area contributed by atoms with Gasteiger partial charge in [0.15, 0.2) is 6.29 Å². The molecule has 27 heavy (non-hydrogen) atoms. The summed E-state index contributed by atoms with van der Waals surface area (Å²) in [6.45, 7) is 1.21. The molecule has 0 spiro atoms. The average Bonchev–Trinajstić information content (AvgIpc) is 2.96. The lowest BCUT2D eigenvalue weighted by molar-refractivity contribution is -0.342. The minimum absolute atomic E-state index is 0.279. The smallest absolute Gasteiger partial charge is 0.337 e. The van der Waals surface area contributed by atoms with Gasteiger partial charge in [-0.2, -0.15) is 0 Å². The van der Waals surface area contributed by atoms with Crippen LogP contribution in [0, 0.1) is 17.8 Å². The largest absolute Gasteiger partial charge is 0.472 e. The third-order valence-corrected chi connectivity index (χ3v) is 5.75. The van der Waals surface area contributed by atoms with Gasteiger partial charge in [-0.3, -0.25) is 0 Å². The van der Waals surface area contributed by atoms with Gasteiger partial charge >= 0.3 is 5.97 Å². The van der Waals surface area contributed by atoms with E-state index < -0.39 is 61.6 Å². The van der Waals surface area contributed by atoms with Gasteiger partial charge in [0.2, 0.25) is 6.29 Å². The van der Waals surface area contributed by atoms with Crippen LogP contribution in [0.15, 0.2) is 11.8 Å². The highest BCUT2D eigenvalue weighted by molar-refractivity contribution is 5.89. The molecule has 1 saturated heterocycles. The first-order valence-electron chi connectivity index (χ1n) is 8.88. The number of fused-ring (bicyclic) bond motifs is 1. The van der Waals surface area contributed by atoms with Crippen molar-refractivity contribution in [2.45, 2.75) is 56.4 Å². The molecular weight excluding hydrogens is 364 g/mol. The van der Waals surface area contributed by atoms with Crippen LogP contribution in [0.4, 0.5) is 0 Å². The quantitative estimate of drug-likeness (QED) is 0.336. The minimum atomic E-state index is -1.58. The predicted octanol–water partition coefficient (Wildman–Crippen LogP) is -2.15. The van der Waals surface area contributed by atoms with E-state index in [0.29, 0.717) is 12.0 Å². The van der Waals surface area contributed by atoms with Crippen LogP contribution in [0.5, 0.6) is 0 Å². The Balaban J connectivity index is 1.80. The van der Waals surface area contributed by atoms with E-state index in [1.807, 2.05) is 0 Å². The number of aliphatic hydroxyl groups excluding tert-OH is 5. The molecular formula is C17H26O10. The Kier molecular flexibility index (Phi) is 6.06. The van der Waals surface area contributed by atoms with Crippen LogP contribution >= 0.6 is 0 Å². The topological polar surface area (TPSA) is 155 Å². The van der Waals surface area contributed by atoms with Crippen LogP contribution in [-0.2, 0) is 23.7 Å². The van der Waals surface area contributed by atoms with Gasteiger partial charge in [0.25, 0.3) is 0 Å². The third-order valence-electron chi connectivity index (χ3n) is 5.75.